The van der Waals surface area contributed by atoms with Crippen LogP contribution in [0.15, 0.2) is 66.8 Å². The van der Waals surface area contributed by atoms with Crippen LogP contribution in [0, 0.1) is 12.8 Å². The average molecular weight is 523 g/mol. The molecule has 1 unspecified atom stereocenters. The third-order valence-corrected chi connectivity index (χ3v) is 6.63. The van der Waals surface area contributed by atoms with Gasteiger partial charge in [0.2, 0.25) is 0 Å². The summed E-state index contributed by atoms with van der Waals surface area (Å²) < 4.78 is 10.8. The van der Waals surface area contributed by atoms with Crippen LogP contribution in [0.5, 0.6) is 0 Å². The van der Waals surface area contributed by atoms with Gasteiger partial charge in [-0.15, -0.1) is 0 Å². The second kappa shape index (κ2) is 15.9. The molecule has 2 rings (SSSR count). The molecule has 38 heavy (non-hydrogen) atoms. The summed E-state index contributed by atoms with van der Waals surface area (Å²) in [6.45, 7) is 12.8. The number of esters is 2. The molecule has 0 radical (unpaired) electrons. The Bertz CT molecular complexity index is 1080. The largest absolute Gasteiger partial charge is 0.462 e. The third kappa shape index (κ3) is 9.58. The zero-order valence-corrected chi connectivity index (χ0v) is 23.0. The maximum Gasteiger partial charge on any atom is 0.333 e. The average Bonchev–Trinajstić information content (AvgIpc) is 2.92. The van der Waals surface area contributed by atoms with Gasteiger partial charge in [-0.3, -0.25) is 0 Å². The minimum absolute atomic E-state index is 0.0187. The van der Waals surface area contributed by atoms with Gasteiger partial charge in [-0.05, 0) is 60.9 Å². The number of aliphatic hydroxyl groups is 2. The first kappa shape index (κ1) is 31.0. The molecule has 0 bridgehead atoms. The lowest BCUT2D eigenvalue weighted by molar-refractivity contribution is -0.142. The number of aryl methyl sites for hydroxylation is 2. The maximum atomic E-state index is 12.5. The van der Waals surface area contributed by atoms with Crippen LogP contribution in [0.25, 0.3) is 11.1 Å². The van der Waals surface area contributed by atoms with Crippen LogP contribution in [-0.4, -0.2) is 48.6 Å². The smallest absolute Gasteiger partial charge is 0.333 e. The van der Waals surface area contributed by atoms with Gasteiger partial charge in [0, 0.05) is 30.3 Å². The fraction of sp³-hybridized carbons (Fsp3) is 0.438. The molecular weight excluding hydrogens is 480 g/mol. The van der Waals surface area contributed by atoms with E-state index in [2.05, 4.69) is 45.2 Å². The quantitative estimate of drug-likeness (QED) is 0.167. The molecule has 0 heterocycles. The number of hydrogen-bond donors (Lipinski definition) is 2. The summed E-state index contributed by atoms with van der Waals surface area (Å²) in [6.07, 6.45) is 4.87. The van der Waals surface area contributed by atoms with E-state index in [1.165, 1.54) is 30.4 Å². The summed E-state index contributed by atoms with van der Waals surface area (Å²) in [7, 11) is 0. The molecule has 0 spiro atoms. The fourth-order valence-electron chi connectivity index (χ4n) is 4.11. The highest BCUT2D eigenvalue weighted by Gasteiger charge is 2.20. The molecular formula is C32H42O6. The second-order valence-electron chi connectivity index (χ2n) is 9.93. The molecule has 1 atom stereocenters. The number of rotatable bonds is 16. The molecule has 2 N–H and O–H groups in total. The number of hydrogen-bond acceptors (Lipinski definition) is 6. The van der Waals surface area contributed by atoms with Crippen molar-refractivity contribution in [3.8, 4) is 11.1 Å². The molecule has 6 nitrogen and oxygen atoms in total. The maximum absolute atomic E-state index is 12.5. The second-order valence-corrected chi connectivity index (χ2v) is 9.93. The summed E-state index contributed by atoms with van der Waals surface area (Å²) in [6, 6.07) is 14.5. The van der Waals surface area contributed by atoms with Gasteiger partial charge in [-0.1, -0.05) is 75.4 Å². The highest BCUT2D eigenvalue weighted by molar-refractivity contribution is 5.88. The molecule has 0 aromatic heterocycles. The molecule has 2 aromatic carbocycles. The van der Waals surface area contributed by atoms with Gasteiger partial charge in [-0.2, -0.15) is 0 Å². The van der Waals surface area contributed by atoms with Gasteiger partial charge in [0.05, 0.1) is 5.92 Å². The van der Waals surface area contributed by atoms with Crippen LogP contribution in [0.1, 0.15) is 62.1 Å². The van der Waals surface area contributed by atoms with Crippen molar-refractivity contribution in [1.29, 1.82) is 0 Å². The molecule has 6 heteroatoms. The van der Waals surface area contributed by atoms with E-state index in [1.54, 1.807) is 6.92 Å². The lowest BCUT2D eigenvalue weighted by Crippen LogP contribution is -2.21. The van der Waals surface area contributed by atoms with Crippen molar-refractivity contribution >= 4 is 11.9 Å². The van der Waals surface area contributed by atoms with E-state index in [0.717, 1.165) is 23.1 Å². The van der Waals surface area contributed by atoms with Gasteiger partial charge in [0.1, 0.15) is 13.2 Å². The van der Waals surface area contributed by atoms with Crippen molar-refractivity contribution in [2.24, 2.45) is 5.92 Å². The van der Waals surface area contributed by atoms with Crippen molar-refractivity contribution in [3.63, 3.8) is 0 Å². The van der Waals surface area contributed by atoms with E-state index in [1.807, 2.05) is 24.3 Å². The Kier molecular flexibility index (Phi) is 13.0. The zero-order valence-electron chi connectivity index (χ0n) is 23.0. The summed E-state index contributed by atoms with van der Waals surface area (Å²) in [5.41, 5.74) is 6.17. The standard InChI is InChI=1S/C32H42O6/c1-6-7-8-9-26-10-15-29(17-23(26)4)27-11-13-28(14-12-27)30(20-37-31(35)22(2)3)21-38-32(36)24(5)16-25(18-33)19-34/h10-15,17,25,30,33-34H,2,5-9,16,18-21H2,1,3-4H3. The number of ether oxygens (including phenoxy) is 2. The normalized spacial score (nSPS) is 11.7. The van der Waals surface area contributed by atoms with Gasteiger partial charge in [0.15, 0.2) is 0 Å². The Hall–Kier alpha value is -3.22. The van der Waals surface area contributed by atoms with Gasteiger partial charge in [-0.25, -0.2) is 9.59 Å². The summed E-state index contributed by atoms with van der Waals surface area (Å²) in [5.74, 6) is -1.98. The van der Waals surface area contributed by atoms with E-state index in [4.69, 9.17) is 9.47 Å². The summed E-state index contributed by atoms with van der Waals surface area (Å²) >= 11 is 0. The Morgan fingerprint density at radius 2 is 1.50 bits per heavy atom. The SMILES string of the molecule is C=C(C)C(=O)OCC(COC(=O)C(=C)CC(CO)CO)c1ccc(-c2ccc(CCCCC)c(C)c2)cc1. The number of benzene rings is 2. The Balaban J connectivity index is 2.14. The molecule has 0 aliphatic rings. The van der Waals surface area contributed by atoms with Crippen LogP contribution in [0.2, 0.25) is 0 Å². The van der Waals surface area contributed by atoms with Crippen LogP contribution in [-0.2, 0) is 25.5 Å². The zero-order chi connectivity index (χ0) is 28.1. The monoisotopic (exact) mass is 522 g/mol. The van der Waals surface area contributed by atoms with Crippen LogP contribution < -0.4 is 0 Å². The first-order valence-electron chi connectivity index (χ1n) is 13.3. The molecule has 0 saturated carbocycles. The highest BCUT2D eigenvalue weighted by Crippen LogP contribution is 2.26. The van der Waals surface area contributed by atoms with Crippen molar-refractivity contribution in [3.05, 3.63) is 83.5 Å². The third-order valence-electron chi connectivity index (χ3n) is 6.63. The number of aliphatic hydroxyl groups excluding tert-OH is 2. The Morgan fingerprint density at radius 3 is 2.05 bits per heavy atom. The topological polar surface area (TPSA) is 93.1 Å². The molecule has 0 amide bonds. The van der Waals surface area contributed by atoms with Gasteiger partial charge in [0.25, 0.3) is 0 Å². The first-order valence-corrected chi connectivity index (χ1v) is 13.3. The lowest BCUT2D eigenvalue weighted by atomic mass is 9.94. The van der Waals surface area contributed by atoms with E-state index in [9.17, 15) is 19.8 Å². The fourth-order valence-corrected chi connectivity index (χ4v) is 4.11. The number of carbonyl (C=O) groups is 2. The molecule has 0 aliphatic heterocycles. The van der Waals surface area contributed by atoms with Crippen LogP contribution in [0.3, 0.4) is 0 Å². The lowest BCUT2D eigenvalue weighted by Gasteiger charge is -2.19. The minimum Gasteiger partial charge on any atom is -0.462 e. The van der Waals surface area contributed by atoms with Gasteiger partial charge >= 0.3 is 11.9 Å². The highest BCUT2D eigenvalue weighted by atomic mass is 16.5. The van der Waals surface area contributed by atoms with Crippen molar-refractivity contribution < 1.29 is 29.3 Å². The molecule has 0 saturated heterocycles. The predicted octanol–water partition coefficient (Wildman–Crippen LogP) is 5.69. The summed E-state index contributed by atoms with van der Waals surface area (Å²) in [5, 5.41) is 18.5. The van der Waals surface area contributed by atoms with Crippen LogP contribution in [0.4, 0.5) is 0 Å². The Morgan fingerprint density at radius 1 is 0.895 bits per heavy atom. The van der Waals surface area contributed by atoms with Crippen molar-refractivity contribution in [2.75, 3.05) is 26.4 Å². The predicted molar refractivity (Wildman–Crippen MR) is 151 cm³/mol. The number of carbonyl (C=O) groups excluding carboxylic acids is 2. The molecule has 206 valence electrons. The molecule has 0 fully saturated rings. The summed E-state index contributed by atoms with van der Waals surface area (Å²) in [4.78, 5) is 24.5. The van der Waals surface area contributed by atoms with E-state index in [0.29, 0.717) is 0 Å². The van der Waals surface area contributed by atoms with Crippen molar-refractivity contribution in [2.45, 2.75) is 58.8 Å². The van der Waals surface area contributed by atoms with Crippen LogP contribution >= 0.6 is 0 Å². The molecule has 2 aromatic rings. The molecule has 0 aliphatic carbocycles. The van der Waals surface area contributed by atoms with E-state index >= 15 is 0 Å². The van der Waals surface area contributed by atoms with Gasteiger partial charge < -0.3 is 19.7 Å². The van der Waals surface area contributed by atoms with Crippen molar-refractivity contribution in [1.82, 2.24) is 0 Å². The van der Waals surface area contributed by atoms with E-state index < -0.39 is 23.8 Å². The minimum atomic E-state index is -0.612. The number of unbranched alkanes of at least 4 members (excludes halogenated alkanes) is 2. The Labute approximate surface area is 227 Å². The first-order chi connectivity index (χ1) is 18.2. The van der Waals surface area contributed by atoms with E-state index in [-0.39, 0.29) is 44.0 Å².